The minimum Gasteiger partial charge on any atom is -0.457 e. The van der Waals surface area contributed by atoms with Crippen molar-refractivity contribution in [1.82, 2.24) is 0 Å². The number of rotatable bonds is 3. The van der Waals surface area contributed by atoms with Crippen LogP contribution in [0, 0.1) is 0 Å². The summed E-state index contributed by atoms with van der Waals surface area (Å²) in [6.45, 7) is 4.31. The van der Waals surface area contributed by atoms with Crippen LogP contribution in [0.5, 0.6) is 11.5 Å². The fourth-order valence-electron chi connectivity index (χ4n) is 1.69. The van der Waals surface area contributed by atoms with E-state index < -0.39 is 0 Å². The van der Waals surface area contributed by atoms with Crippen molar-refractivity contribution in [2.45, 2.75) is 19.8 Å². The van der Waals surface area contributed by atoms with Gasteiger partial charge in [0.1, 0.15) is 11.5 Å². The molecular weight excluding hydrogens is 224 g/mol. The average Bonchev–Trinajstić information content (AvgIpc) is 2.34. The monoisotopic (exact) mass is 242 g/mol. The number of nitrogen functional groups attached to an aromatic ring is 2. The van der Waals surface area contributed by atoms with E-state index in [9.17, 15) is 0 Å². The van der Waals surface area contributed by atoms with Crippen molar-refractivity contribution in [2.75, 3.05) is 11.5 Å². The average molecular weight is 242 g/mol. The van der Waals surface area contributed by atoms with Crippen molar-refractivity contribution in [1.29, 1.82) is 0 Å². The molecular formula is C15H18N2O. The molecule has 0 aromatic heterocycles. The van der Waals surface area contributed by atoms with E-state index in [4.69, 9.17) is 16.2 Å². The molecule has 18 heavy (non-hydrogen) atoms. The Kier molecular flexibility index (Phi) is 3.42. The molecule has 2 rings (SSSR count). The van der Waals surface area contributed by atoms with Crippen LogP contribution in [0.1, 0.15) is 25.3 Å². The zero-order chi connectivity index (χ0) is 13.1. The van der Waals surface area contributed by atoms with Crippen LogP contribution in [0.4, 0.5) is 11.4 Å². The molecule has 0 fully saturated rings. The minimum atomic E-state index is 0.477. The van der Waals surface area contributed by atoms with Crippen LogP contribution in [-0.4, -0.2) is 0 Å². The van der Waals surface area contributed by atoms with E-state index in [1.807, 2.05) is 24.3 Å². The van der Waals surface area contributed by atoms with Crippen LogP contribution in [-0.2, 0) is 0 Å². The van der Waals surface area contributed by atoms with Gasteiger partial charge in [0, 0.05) is 6.07 Å². The molecule has 2 aromatic rings. The molecule has 4 N–H and O–H groups in total. The summed E-state index contributed by atoms with van der Waals surface area (Å²) in [5, 5.41) is 0. The summed E-state index contributed by atoms with van der Waals surface area (Å²) in [6.07, 6.45) is 0. The molecule has 2 aromatic carbocycles. The molecule has 3 heteroatoms. The smallest absolute Gasteiger partial charge is 0.129 e. The van der Waals surface area contributed by atoms with Crippen molar-refractivity contribution in [2.24, 2.45) is 0 Å². The molecule has 0 spiro atoms. The van der Waals surface area contributed by atoms with Crippen molar-refractivity contribution < 1.29 is 4.74 Å². The van der Waals surface area contributed by atoms with Crippen molar-refractivity contribution in [3.63, 3.8) is 0 Å². The van der Waals surface area contributed by atoms with Crippen LogP contribution in [0.2, 0.25) is 0 Å². The molecule has 0 unspecified atom stereocenters. The first-order valence-corrected chi connectivity index (χ1v) is 5.99. The third-order valence-electron chi connectivity index (χ3n) is 2.82. The lowest BCUT2D eigenvalue weighted by Crippen LogP contribution is -1.95. The Balaban J connectivity index is 2.23. The molecule has 3 nitrogen and oxygen atoms in total. The van der Waals surface area contributed by atoms with Gasteiger partial charge in [-0.3, -0.25) is 0 Å². The molecule has 0 atom stereocenters. The predicted molar refractivity (Wildman–Crippen MR) is 75.9 cm³/mol. The van der Waals surface area contributed by atoms with Gasteiger partial charge in [-0.1, -0.05) is 26.0 Å². The topological polar surface area (TPSA) is 61.3 Å². The highest BCUT2D eigenvalue weighted by atomic mass is 16.5. The molecule has 0 saturated heterocycles. The number of nitrogens with two attached hydrogens (primary N) is 2. The van der Waals surface area contributed by atoms with Crippen molar-refractivity contribution in [3.05, 3.63) is 48.0 Å². The summed E-state index contributed by atoms with van der Waals surface area (Å²) < 4.78 is 5.77. The van der Waals surface area contributed by atoms with Crippen LogP contribution < -0.4 is 16.2 Å². The van der Waals surface area contributed by atoms with Crippen LogP contribution in [0.15, 0.2) is 42.5 Å². The zero-order valence-electron chi connectivity index (χ0n) is 10.7. The third kappa shape index (κ3) is 2.74. The quantitative estimate of drug-likeness (QED) is 0.805. The second kappa shape index (κ2) is 5.00. The van der Waals surface area contributed by atoms with E-state index in [0.29, 0.717) is 23.0 Å². The fraction of sp³-hybridized carbons (Fsp3) is 0.200. The molecule has 0 amide bonds. The first-order chi connectivity index (χ1) is 8.56. The Hall–Kier alpha value is -2.16. The Morgan fingerprint density at radius 3 is 2.28 bits per heavy atom. The zero-order valence-corrected chi connectivity index (χ0v) is 10.7. The molecule has 0 radical (unpaired) electrons. The number of anilines is 2. The Morgan fingerprint density at radius 2 is 1.61 bits per heavy atom. The van der Waals surface area contributed by atoms with Gasteiger partial charge in [0.2, 0.25) is 0 Å². The molecule has 0 aliphatic heterocycles. The molecule has 0 aliphatic carbocycles. The standard InChI is InChI=1S/C15H18N2O/c1-10(2)11-4-3-5-12(8-11)18-13-6-7-14(16)15(17)9-13/h3-10H,16-17H2,1-2H3. The normalized spacial score (nSPS) is 10.6. The van der Waals surface area contributed by atoms with E-state index in [-0.39, 0.29) is 0 Å². The number of hydrogen-bond acceptors (Lipinski definition) is 3. The lowest BCUT2D eigenvalue weighted by atomic mass is 10.0. The summed E-state index contributed by atoms with van der Waals surface area (Å²) in [7, 11) is 0. The first kappa shape index (κ1) is 12.3. The maximum absolute atomic E-state index is 5.77. The fourth-order valence-corrected chi connectivity index (χ4v) is 1.69. The second-order valence-corrected chi connectivity index (χ2v) is 4.62. The summed E-state index contributed by atoms with van der Waals surface area (Å²) in [6, 6.07) is 13.3. The van der Waals surface area contributed by atoms with E-state index in [2.05, 4.69) is 19.9 Å². The van der Waals surface area contributed by atoms with E-state index >= 15 is 0 Å². The molecule has 94 valence electrons. The Bertz CT molecular complexity index is 550. The molecule has 0 bridgehead atoms. The highest BCUT2D eigenvalue weighted by Crippen LogP contribution is 2.28. The Labute approximate surface area is 107 Å². The summed E-state index contributed by atoms with van der Waals surface area (Å²) >= 11 is 0. The van der Waals surface area contributed by atoms with Gasteiger partial charge in [-0.25, -0.2) is 0 Å². The van der Waals surface area contributed by atoms with Crippen molar-refractivity contribution >= 4 is 11.4 Å². The van der Waals surface area contributed by atoms with Gasteiger partial charge in [-0.15, -0.1) is 0 Å². The van der Waals surface area contributed by atoms with Gasteiger partial charge in [0.05, 0.1) is 11.4 Å². The van der Waals surface area contributed by atoms with Gasteiger partial charge < -0.3 is 16.2 Å². The second-order valence-electron chi connectivity index (χ2n) is 4.62. The predicted octanol–water partition coefficient (Wildman–Crippen LogP) is 3.77. The molecule has 0 saturated carbocycles. The highest BCUT2D eigenvalue weighted by Gasteiger charge is 2.03. The van der Waals surface area contributed by atoms with Gasteiger partial charge >= 0.3 is 0 Å². The number of hydrogen-bond donors (Lipinski definition) is 2. The largest absolute Gasteiger partial charge is 0.457 e. The van der Waals surface area contributed by atoms with Crippen LogP contribution >= 0.6 is 0 Å². The van der Waals surface area contributed by atoms with E-state index in [0.717, 1.165) is 5.75 Å². The summed E-state index contributed by atoms with van der Waals surface area (Å²) in [5.74, 6) is 1.98. The van der Waals surface area contributed by atoms with Gasteiger partial charge in [0.15, 0.2) is 0 Å². The van der Waals surface area contributed by atoms with Crippen LogP contribution in [0.25, 0.3) is 0 Å². The maximum atomic E-state index is 5.77. The number of ether oxygens (including phenoxy) is 1. The van der Waals surface area contributed by atoms with Crippen molar-refractivity contribution in [3.8, 4) is 11.5 Å². The lowest BCUT2D eigenvalue weighted by molar-refractivity contribution is 0.482. The Morgan fingerprint density at radius 1 is 0.889 bits per heavy atom. The third-order valence-corrected chi connectivity index (χ3v) is 2.82. The summed E-state index contributed by atoms with van der Waals surface area (Å²) in [5.41, 5.74) is 13.8. The van der Waals surface area contributed by atoms with Gasteiger partial charge in [-0.2, -0.15) is 0 Å². The molecule has 0 aliphatic rings. The van der Waals surface area contributed by atoms with E-state index in [1.54, 1.807) is 12.1 Å². The molecule has 0 heterocycles. The minimum absolute atomic E-state index is 0.477. The number of benzene rings is 2. The lowest BCUT2D eigenvalue weighted by Gasteiger charge is -2.10. The SMILES string of the molecule is CC(C)c1cccc(Oc2ccc(N)c(N)c2)c1. The highest BCUT2D eigenvalue weighted by molar-refractivity contribution is 5.65. The summed E-state index contributed by atoms with van der Waals surface area (Å²) in [4.78, 5) is 0. The van der Waals surface area contributed by atoms with Crippen LogP contribution in [0.3, 0.4) is 0 Å². The van der Waals surface area contributed by atoms with Gasteiger partial charge in [0.25, 0.3) is 0 Å². The first-order valence-electron chi connectivity index (χ1n) is 5.99. The van der Waals surface area contributed by atoms with Gasteiger partial charge in [-0.05, 0) is 35.7 Å². The van der Waals surface area contributed by atoms with E-state index in [1.165, 1.54) is 5.56 Å². The maximum Gasteiger partial charge on any atom is 0.129 e.